The summed E-state index contributed by atoms with van der Waals surface area (Å²) in [6.07, 6.45) is 4.77. The van der Waals surface area contributed by atoms with Crippen LogP contribution in [0.1, 0.15) is 38.2 Å². The Balaban J connectivity index is 2.42. The van der Waals surface area contributed by atoms with Crippen LogP contribution in [0, 0.1) is 0 Å². The number of carbonyl (C=O) groups excluding carboxylic acids is 1. The number of rotatable bonds is 5. The van der Waals surface area contributed by atoms with Gasteiger partial charge in [0.1, 0.15) is 11.5 Å². The summed E-state index contributed by atoms with van der Waals surface area (Å²) in [7, 11) is 0. The Bertz CT molecular complexity index is 486. The molecule has 0 aromatic heterocycles. The monoisotopic (exact) mass is 273 g/mol. The normalized spacial score (nSPS) is 18.2. The summed E-state index contributed by atoms with van der Waals surface area (Å²) in [6, 6.07) is 7.46. The van der Waals surface area contributed by atoms with Crippen LogP contribution < -0.4 is 0 Å². The van der Waals surface area contributed by atoms with Gasteiger partial charge in [-0.1, -0.05) is 25.1 Å². The topological polar surface area (TPSA) is 40.5 Å². The summed E-state index contributed by atoms with van der Waals surface area (Å²) in [5, 5.41) is 9.79. The summed E-state index contributed by atoms with van der Waals surface area (Å²) in [5.74, 6) is 0.629. The number of carbonyl (C=O) groups is 1. The Hall–Kier alpha value is -1.61. The molecule has 0 bridgehead atoms. The number of likely N-dealkylation sites (N-methyl/N-ethyl adjacent to an activating group) is 1. The summed E-state index contributed by atoms with van der Waals surface area (Å²) in [5.41, 5.74) is 0.948. The maximum atomic E-state index is 11.6. The van der Waals surface area contributed by atoms with Crippen molar-refractivity contribution in [3.05, 3.63) is 42.5 Å². The van der Waals surface area contributed by atoms with Gasteiger partial charge >= 0.3 is 0 Å². The van der Waals surface area contributed by atoms with Gasteiger partial charge in [-0.3, -0.25) is 9.69 Å². The molecule has 2 rings (SSSR count). The van der Waals surface area contributed by atoms with E-state index in [1.807, 2.05) is 18.2 Å². The summed E-state index contributed by atoms with van der Waals surface area (Å²) >= 11 is 0. The lowest BCUT2D eigenvalue weighted by Gasteiger charge is -2.46. The fourth-order valence-electron chi connectivity index (χ4n) is 3.29. The molecule has 1 aromatic carbocycles. The van der Waals surface area contributed by atoms with Crippen LogP contribution in [0.4, 0.5) is 0 Å². The first-order valence-corrected chi connectivity index (χ1v) is 7.29. The van der Waals surface area contributed by atoms with Gasteiger partial charge in [-0.15, -0.1) is 6.58 Å². The molecule has 108 valence electrons. The van der Waals surface area contributed by atoms with Crippen LogP contribution in [0.25, 0.3) is 0 Å². The predicted molar refractivity (Wildman–Crippen MR) is 80.7 cm³/mol. The highest BCUT2D eigenvalue weighted by molar-refractivity contribution is 5.79. The molecule has 3 heteroatoms. The maximum absolute atomic E-state index is 11.6. The van der Waals surface area contributed by atoms with Crippen molar-refractivity contribution in [1.82, 2.24) is 4.90 Å². The van der Waals surface area contributed by atoms with Gasteiger partial charge < -0.3 is 5.11 Å². The zero-order valence-corrected chi connectivity index (χ0v) is 12.1. The second-order valence-corrected chi connectivity index (χ2v) is 5.45. The van der Waals surface area contributed by atoms with E-state index in [4.69, 9.17) is 0 Å². The van der Waals surface area contributed by atoms with E-state index in [0.717, 1.165) is 31.5 Å². The minimum Gasteiger partial charge on any atom is -0.508 e. The molecular formula is C17H23NO2. The molecule has 20 heavy (non-hydrogen) atoms. The molecule has 0 spiro atoms. The van der Waals surface area contributed by atoms with Crippen molar-refractivity contribution in [3.8, 4) is 5.75 Å². The minimum absolute atomic E-state index is 0.157. The number of hydrogen-bond donors (Lipinski definition) is 1. The van der Waals surface area contributed by atoms with E-state index >= 15 is 0 Å². The van der Waals surface area contributed by atoms with Gasteiger partial charge in [-0.05, 0) is 37.1 Å². The first-order valence-electron chi connectivity index (χ1n) is 7.29. The molecule has 0 radical (unpaired) electrons. The van der Waals surface area contributed by atoms with Gasteiger partial charge in [0.15, 0.2) is 0 Å². The van der Waals surface area contributed by atoms with E-state index in [2.05, 4.69) is 24.5 Å². The van der Waals surface area contributed by atoms with Gasteiger partial charge in [0.05, 0.1) is 0 Å². The molecule has 1 aliphatic carbocycles. The van der Waals surface area contributed by atoms with Crippen LogP contribution in [0.2, 0.25) is 0 Å². The van der Waals surface area contributed by atoms with Crippen molar-refractivity contribution >= 4 is 5.78 Å². The largest absolute Gasteiger partial charge is 0.508 e. The van der Waals surface area contributed by atoms with Crippen molar-refractivity contribution in [1.29, 1.82) is 0 Å². The van der Waals surface area contributed by atoms with Gasteiger partial charge in [-0.2, -0.15) is 0 Å². The Labute approximate surface area is 120 Å². The highest BCUT2D eigenvalue weighted by Gasteiger charge is 2.40. The third-order valence-electron chi connectivity index (χ3n) is 4.35. The lowest BCUT2D eigenvalue weighted by molar-refractivity contribution is -0.123. The quantitative estimate of drug-likeness (QED) is 0.837. The van der Waals surface area contributed by atoms with Crippen LogP contribution >= 0.6 is 0 Å². The summed E-state index contributed by atoms with van der Waals surface area (Å²) in [4.78, 5) is 14.0. The molecule has 1 saturated carbocycles. The fraction of sp³-hybridized carbons (Fsp3) is 0.471. The number of phenols is 1. The molecule has 1 aromatic rings. The minimum atomic E-state index is -0.157. The molecular weight excluding hydrogens is 250 g/mol. The maximum Gasteiger partial charge on any atom is 0.133 e. The molecule has 3 nitrogen and oxygen atoms in total. The number of Topliss-reactive ketones (excluding diaryl/α,β-unsaturated/α-hetero) is 1. The van der Waals surface area contributed by atoms with Gasteiger partial charge in [0.25, 0.3) is 0 Å². The Morgan fingerprint density at radius 2 is 2.10 bits per heavy atom. The summed E-state index contributed by atoms with van der Waals surface area (Å²) < 4.78 is 0. The molecule has 0 amide bonds. The van der Waals surface area contributed by atoms with Gasteiger partial charge in [0, 0.05) is 24.9 Å². The first-order chi connectivity index (χ1) is 9.62. The zero-order chi connectivity index (χ0) is 14.6. The Morgan fingerprint density at radius 3 is 2.65 bits per heavy atom. The molecule has 1 N–H and O–H groups in total. The Morgan fingerprint density at radius 1 is 1.40 bits per heavy atom. The molecule has 1 aliphatic rings. The number of benzene rings is 1. The predicted octanol–water partition coefficient (Wildman–Crippen LogP) is 3.24. The molecule has 0 heterocycles. The molecule has 0 unspecified atom stereocenters. The van der Waals surface area contributed by atoms with E-state index < -0.39 is 0 Å². The Kier molecular flexibility index (Phi) is 4.61. The second kappa shape index (κ2) is 6.23. The van der Waals surface area contributed by atoms with Crippen molar-refractivity contribution in [2.45, 2.75) is 38.1 Å². The lowest BCUT2D eigenvalue weighted by Crippen LogP contribution is -2.48. The fourth-order valence-corrected chi connectivity index (χ4v) is 3.29. The van der Waals surface area contributed by atoms with E-state index in [1.165, 1.54) is 0 Å². The summed E-state index contributed by atoms with van der Waals surface area (Å²) in [6.45, 7) is 7.66. The van der Waals surface area contributed by atoms with Crippen LogP contribution in [-0.4, -0.2) is 28.9 Å². The van der Waals surface area contributed by atoms with Crippen molar-refractivity contribution in [2.75, 3.05) is 13.1 Å². The van der Waals surface area contributed by atoms with Crippen LogP contribution in [0.15, 0.2) is 36.9 Å². The van der Waals surface area contributed by atoms with E-state index in [-0.39, 0.29) is 11.3 Å². The number of aromatic hydroxyl groups is 1. The van der Waals surface area contributed by atoms with E-state index in [1.54, 1.807) is 6.07 Å². The third-order valence-corrected chi connectivity index (χ3v) is 4.35. The number of phenolic OH excluding ortho intramolecular Hbond substituents is 1. The van der Waals surface area contributed by atoms with Crippen molar-refractivity contribution < 1.29 is 9.90 Å². The number of nitrogens with zero attached hydrogens (tertiary/aromatic N) is 1. The number of hydrogen-bond acceptors (Lipinski definition) is 3. The van der Waals surface area contributed by atoms with Gasteiger partial charge in [0.2, 0.25) is 0 Å². The van der Waals surface area contributed by atoms with Crippen LogP contribution in [0.3, 0.4) is 0 Å². The standard InChI is InChI=1S/C17H23NO2/c1-3-12-18(4-2)17(10-8-15(19)9-11-17)14-6-5-7-16(20)13-14/h3,5-7,13,20H,1,4,8-12H2,2H3. The van der Waals surface area contributed by atoms with Crippen LogP contribution in [0.5, 0.6) is 5.75 Å². The molecule has 1 fully saturated rings. The van der Waals surface area contributed by atoms with Crippen LogP contribution in [-0.2, 0) is 10.3 Å². The van der Waals surface area contributed by atoms with Gasteiger partial charge in [-0.25, -0.2) is 0 Å². The van der Waals surface area contributed by atoms with Crippen molar-refractivity contribution in [2.24, 2.45) is 0 Å². The average molecular weight is 273 g/mol. The average Bonchev–Trinajstić information content (AvgIpc) is 2.46. The van der Waals surface area contributed by atoms with E-state index in [0.29, 0.717) is 18.6 Å². The number of ketones is 1. The molecule has 0 saturated heterocycles. The zero-order valence-electron chi connectivity index (χ0n) is 12.1. The molecule has 0 aliphatic heterocycles. The SMILES string of the molecule is C=CCN(CC)C1(c2cccc(O)c2)CCC(=O)CC1. The highest BCUT2D eigenvalue weighted by Crippen LogP contribution is 2.42. The van der Waals surface area contributed by atoms with Crippen molar-refractivity contribution in [3.63, 3.8) is 0 Å². The second-order valence-electron chi connectivity index (χ2n) is 5.45. The molecule has 0 atom stereocenters. The first kappa shape index (κ1) is 14.8. The smallest absolute Gasteiger partial charge is 0.133 e. The lowest BCUT2D eigenvalue weighted by atomic mass is 9.74. The third kappa shape index (κ3) is 2.78. The van der Waals surface area contributed by atoms with E-state index in [9.17, 15) is 9.90 Å². The highest BCUT2D eigenvalue weighted by atomic mass is 16.3.